The average molecular weight is 272 g/mol. The van der Waals surface area contributed by atoms with Crippen molar-refractivity contribution >= 4 is 17.8 Å². The molecule has 0 rings (SSSR count). The molecule has 19 heavy (non-hydrogen) atoms. The molecular weight excluding hydrogens is 248 g/mol. The Hall–Kier alpha value is -1.59. The van der Waals surface area contributed by atoms with Crippen molar-refractivity contribution in [1.29, 1.82) is 0 Å². The molecule has 0 bridgehead atoms. The number of carbonyl (C=O) groups is 3. The maximum Gasteiger partial charge on any atom is 0.326 e. The summed E-state index contributed by atoms with van der Waals surface area (Å²) in [6.45, 7) is 7.55. The topological polar surface area (TPSA) is 95.5 Å². The van der Waals surface area contributed by atoms with E-state index in [2.05, 4.69) is 10.6 Å². The molecule has 0 aliphatic carbocycles. The van der Waals surface area contributed by atoms with Crippen molar-refractivity contribution in [3.8, 4) is 0 Å². The van der Waals surface area contributed by atoms with Crippen molar-refractivity contribution in [3.63, 3.8) is 0 Å². The van der Waals surface area contributed by atoms with E-state index in [-0.39, 0.29) is 18.2 Å². The molecule has 1 atom stereocenters. The van der Waals surface area contributed by atoms with Crippen LogP contribution in [0.3, 0.4) is 0 Å². The minimum atomic E-state index is -1.03. The number of nitrogens with one attached hydrogen (secondary N) is 2. The van der Waals surface area contributed by atoms with Gasteiger partial charge in [0.1, 0.15) is 6.04 Å². The van der Waals surface area contributed by atoms with Crippen LogP contribution < -0.4 is 10.6 Å². The predicted molar refractivity (Wildman–Crippen MR) is 71.6 cm³/mol. The van der Waals surface area contributed by atoms with E-state index < -0.39 is 17.4 Å². The number of carboxylic acid groups (broad SMARTS) is 1. The molecule has 0 aromatic rings. The van der Waals surface area contributed by atoms with Gasteiger partial charge in [-0.3, -0.25) is 9.59 Å². The van der Waals surface area contributed by atoms with Gasteiger partial charge in [-0.25, -0.2) is 4.79 Å². The average Bonchev–Trinajstić information content (AvgIpc) is 2.29. The van der Waals surface area contributed by atoms with Crippen molar-refractivity contribution in [2.24, 2.45) is 5.41 Å². The van der Waals surface area contributed by atoms with Crippen molar-refractivity contribution in [2.45, 2.75) is 53.0 Å². The Morgan fingerprint density at radius 2 is 1.79 bits per heavy atom. The molecule has 0 unspecified atom stereocenters. The highest BCUT2D eigenvalue weighted by atomic mass is 16.4. The Morgan fingerprint density at radius 1 is 1.21 bits per heavy atom. The summed E-state index contributed by atoms with van der Waals surface area (Å²) < 4.78 is 0. The molecule has 0 saturated carbocycles. The van der Waals surface area contributed by atoms with Crippen molar-refractivity contribution in [2.75, 3.05) is 6.54 Å². The number of aliphatic carboxylic acids is 1. The van der Waals surface area contributed by atoms with Gasteiger partial charge in [0.15, 0.2) is 0 Å². The van der Waals surface area contributed by atoms with E-state index in [9.17, 15) is 14.4 Å². The minimum Gasteiger partial charge on any atom is -0.480 e. The third-order valence-corrected chi connectivity index (χ3v) is 2.59. The highest BCUT2D eigenvalue weighted by Crippen LogP contribution is 2.12. The predicted octanol–water partition coefficient (Wildman–Crippen LogP) is 0.908. The molecule has 3 N–H and O–H groups in total. The molecule has 110 valence electrons. The maximum absolute atomic E-state index is 11.5. The standard InChI is InChI=1S/C13H24N2O4/c1-5-9(11(17)18)15-10(16)7-6-8-14-12(19)13(2,3)4/h9H,5-8H2,1-4H3,(H,14,19)(H,15,16)(H,17,18)/t9-/m1/s1. The van der Waals surface area contributed by atoms with Crippen LogP contribution in [0, 0.1) is 5.41 Å². The first-order valence-corrected chi connectivity index (χ1v) is 6.49. The van der Waals surface area contributed by atoms with E-state index in [4.69, 9.17) is 5.11 Å². The smallest absolute Gasteiger partial charge is 0.326 e. The number of amides is 2. The first-order valence-electron chi connectivity index (χ1n) is 6.49. The van der Waals surface area contributed by atoms with Gasteiger partial charge in [-0.15, -0.1) is 0 Å². The van der Waals surface area contributed by atoms with Crippen LogP contribution in [-0.4, -0.2) is 35.5 Å². The van der Waals surface area contributed by atoms with Crippen LogP contribution in [0.15, 0.2) is 0 Å². The van der Waals surface area contributed by atoms with Gasteiger partial charge in [0.25, 0.3) is 0 Å². The zero-order valence-corrected chi connectivity index (χ0v) is 12.1. The van der Waals surface area contributed by atoms with Gasteiger partial charge in [0.2, 0.25) is 11.8 Å². The number of hydrogen-bond donors (Lipinski definition) is 3. The van der Waals surface area contributed by atoms with Crippen LogP contribution in [0.4, 0.5) is 0 Å². The second-order valence-electron chi connectivity index (χ2n) is 5.48. The summed E-state index contributed by atoms with van der Waals surface area (Å²) in [6, 6.07) is -0.836. The fourth-order valence-electron chi connectivity index (χ4n) is 1.32. The maximum atomic E-state index is 11.5. The Labute approximate surface area is 113 Å². The van der Waals surface area contributed by atoms with Crippen LogP contribution in [-0.2, 0) is 14.4 Å². The summed E-state index contributed by atoms with van der Waals surface area (Å²) in [4.78, 5) is 33.7. The second kappa shape index (κ2) is 7.76. The summed E-state index contributed by atoms with van der Waals surface area (Å²) >= 11 is 0. The largest absolute Gasteiger partial charge is 0.480 e. The molecular formula is C13H24N2O4. The quantitative estimate of drug-likeness (QED) is 0.600. The van der Waals surface area contributed by atoms with Crippen LogP contribution in [0.5, 0.6) is 0 Å². The summed E-state index contributed by atoms with van der Waals surface area (Å²) in [6.07, 6.45) is 1.04. The molecule has 0 aliphatic heterocycles. The van der Waals surface area contributed by atoms with Gasteiger partial charge in [-0.2, -0.15) is 0 Å². The molecule has 0 fully saturated rings. The van der Waals surface area contributed by atoms with E-state index in [0.29, 0.717) is 19.4 Å². The van der Waals surface area contributed by atoms with E-state index in [1.54, 1.807) is 6.92 Å². The van der Waals surface area contributed by atoms with Crippen LogP contribution in [0.25, 0.3) is 0 Å². The fraction of sp³-hybridized carbons (Fsp3) is 0.769. The Bertz CT molecular complexity index is 334. The number of carbonyl (C=O) groups excluding carboxylic acids is 2. The van der Waals surface area contributed by atoms with Crippen LogP contribution in [0.1, 0.15) is 47.0 Å². The summed E-state index contributed by atoms with van der Waals surface area (Å²) in [5.74, 6) is -1.40. The Kier molecular flexibility index (Phi) is 7.11. The van der Waals surface area contributed by atoms with Gasteiger partial charge in [-0.05, 0) is 12.8 Å². The summed E-state index contributed by atoms with van der Waals surface area (Å²) in [5.41, 5.74) is -0.446. The normalized spacial score (nSPS) is 12.6. The molecule has 6 nitrogen and oxygen atoms in total. The molecule has 0 radical (unpaired) electrons. The fourth-order valence-corrected chi connectivity index (χ4v) is 1.32. The van der Waals surface area contributed by atoms with Crippen molar-refractivity contribution in [1.82, 2.24) is 10.6 Å². The molecule has 0 saturated heterocycles. The molecule has 0 aliphatic rings. The molecule has 0 heterocycles. The third kappa shape index (κ3) is 7.43. The van der Waals surface area contributed by atoms with Gasteiger partial charge >= 0.3 is 5.97 Å². The summed E-state index contributed by atoms with van der Waals surface area (Å²) in [7, 11) is 0. The van der Waals surface area contributed by atoms with E-state index in [1.165, 1.54) is 0 Å². The van der Waals surface area contributed by atoms with Crippen molar-refractivity contribution in [3.05, 3.63) is 0 Å². The van der Waals surface area contributed by atoms with Gasteiger partial charge in [-0.1, -0.05) is 27.7 Å². The third-order valence-electron chi connectivity index (χ3n) is 2.59. The number of hydrogen-bond acceptors (Lipinski definition) is 3. The minimum absolute atomic E-state index is 0.0649. The van der Waals surface area contributed by atoms with E-state index in [1.807, 2.05) is 20.8 Å². The SMILES string of the molecule is CC[C@@H](NC(=O)CCCNC(=O)C(C)(C)C)C(=O)O. The molecule has 0 aromatic carbocycles. The summed E-state index contributed by atoms with van der Waals surface area (Å²) in [5, 5.41) is 14.0. The lowest BCUT2D eigenvalue weighted by Gasteiger charge is -2.17. The van der Waals surface area contributed by atoms with Crippen LogP contribution >= 0.6 is 0 Å². The first kappa shape index (κ1) is 17.4. The monoisotopic (exact) mass is 272 g/mol. The lowest BCUT2D eigenvalue weighted by Crippen LogP contribution is -2.40. The molecule has 0 spiro atoms. The molecule has 2 amide bonds. The lowest BCUT2D eigenvalue weighted by atomic mass is 9.96. The lowest BCUT2D eigenvalue weighted by molar-refractivity contribution is -0.141. The van der Waals surface area contributed by atoms with Gasteiger partial charge in [0.05, 0.1) is 0 Å². The first-order chi connectivity index (χ1) is 8.68. The second-order valence-corrected chi connectivity index (χ2v) is 5.48. The number of carboxylic acids is 1. The zero-order chi connectivity index (χ0) is 15.1. The number of rotatable bonds is 7. The van der Waals surface area contributed by atoms with Gasteiger partial charge < -0.3 is 15.7 Å². The van der Waals surface area contributed by atoms with Crippen LogP contribution in [0.2, 0.25) is 0 Å². The molecule has 6 heteroatoms. The Balaban J connectivity index is 3.87. The zero-order valence-electron chi connectivity index (χ0n) is 12.1. The van der Waals surface area contributed by atoms with Gasteiger partial charge in [0, 0.05) is 18.4 Å². The van der Waals surface area contributed by atoms with E-state index in [0.717, 1.165) is 0 Å². The highest BCUT2D eigenvalue weighted by Gasteiger charge is 2.20. The highest BCUT2D eigenvalue weighted by molar-refractivity contribution is 5.83. The van der Waals surface area contributed by atoms with E-state index >= 15 is 0 Å². The molecule has 0 aromatic heterocycles. The van der Waals surface area contributed by atoms with Crippen molar-refractivity contribution < 1.29 is 19.5 Å². The Morgan fingerprint density at radius 3 is 2.21 bits per heavy atom.